The van der Waals surface area contributed by atoms with E-state index < -0.39 is 11.8 Å². The van der Waals surface area contributed by atoms with E-state index in [4.69, 9.17) is 0 Å². The third kappa shape index (κ3) is 2.76. The Kier molecular flexibility index (Phi) is 4.16. The van der Waals surface area contributed by atoms with Crippen molar-refractivity contribution in [3.05, 3.63) is 35.9 Å². The first-order chi connectivity index (χ1) is 9.17. The summed E-state index contributed by atoms with van der Waals surface area (Å²) < 4.78 is 0. The van der Waals surface area contributed by atoms with E-state index in [1.807, 2.05) is 37.3 Å². The molecule has 2 N–H and O–H groups in total. The highest BCUT2D eigenvalue weighted by Gasteiger charge is 2.39. The molecule has 0 spiro atoms. The number of hydrogen-bond acceptors (Lipinski definition) is 3. The van der Waals surface area contributed by atoms with Gasteiger partial charge in [0.2, 0.25) is 0 Å². The largest absolute Gasteiger partial charge is 0.394 e. The molecule has 0 bridgehead atoms. The highest BCUT2D eigenvalue weighted by Crippen LogP contribution is 2.17. The summed E-state index contributed by atoms with van der Waals surface area (Å²) in [5.41, 5.74) is 0.943. The number of carbonyl (C=O) groups is 2. The van der Waals surface area contributed by atoms with Crippen LogP contribution in [-0.4, -0.2) is 40.5 Å². The Bertz CT molecular complexity index is 461. The van der Waals surface area contributed by atoms with Crippen LogP contribution in [0.15, 0.2) is 30.3 Å². The van der Waals surface area contributed by atoms with E-state index in [0.29, 0.717) is 13.0 Å². The van der Waals surface area contributed by atoms with Gasteiger partial charge in [-0.05, 0) is 12.0 Å². The van der Waals surface area contributed by atoms with E-state index in [-0.39, 0.29) is 18.7 Å². The first-order valence-corrected chi connectivity index (χ1v) is 6.43. The van der Waals surface area contributed by atoms with Crippen molar-refractivity contribution in [2.75, 3.05) is 6.61 Å². The molecule has 1 saturated heterocycles. The molecule has 0 aliphatic carbocycles. The summed E-state index contributed by atoms with van der Waals surface area (Å²) >= 11 is 0. The number of rotatable bonds is 4. The zero-order valence-corrected chi connectivity index (χ0v) is 10.9. The fourth-order valence-corrected chi connectivity index (χ4v) is 2.39. The molecule has 2 rings (SSSR count). The van der Waals surface area contributed by atoms with Crippen LogP contribution in [0.2, 0.25) is 0 Å². The Labute approximate surface area is 112 Å². The molecule has 0 aromatic heterocycles. The first-order valence-electron chi connectivity index (χ1n) is 6.43. The second-order valence-electron chi connectivity index (χ2n) is 4.66. The van der Waals surface area contributed by atoms with Crippen molar-refractivity contribution in [1.29, 1.82) is 0 Å². The van der Waals surface area contributed by atoms with E-state index in [9.17, 15) is 14.7 Å². The normalized spacial score (nSPS) is 23.4. The smallest absolute Gasteiger partial charge is 0.312 e. The quantitative estimate of drug-likeness (QED) is 0.766. The zero-order chi connectivity index (χ0) is 13.8. The van der Waals surface area contributed by atoms with Crippen LogP contribution in [0.1, 0.15) is 18.9 Å². The average molecular weight is 262 g/mol. The second-order valence-corrected chi connectivity index (χ2v) is 4.66. The standard InChI is InChI=1S/C14H18N2O3/c1-2-11-12(9-17)16(14(19)13(18)15-11)8-10-6-4-3-5-7-10/h3-7,11-12,17H,2,8-9H2,1H3,(H,15,18)/t11-,12-/m1/s1. The van der Waals surface area contributed by atoms with Gasteiger partial charge in [-0.25, -0.2) is 0 Å². The van der Waals surface area contributed by atoms with Gasteiger partial charge in [0, 0.05) is 6.54 Å². The SMILES string of the molecule is CC[C@H]1NC(=O)C(=O)N(Cc2ccccc2)[C@@H]1CO. The molecule has 1 aliphatic heterocycles. The van der Waals surface area contributed by atoms with E-state index in [0.717, 1.165) is 5.56 Å². The summed E-state index contributed by atoms with van der Waals surface area (Å²) in [6, 6.07) is 8.90. The molecule has 1 aromatic rings. The van der Waals surface area contributed by atoms with Crippen LogP contribution >= 0.6 is 0 Å². The van der Waals surface area contributed by atoms with Gasteiger partial charge in [0.15, 0.2) is 0 Å². The molecule has 0 unspecified atom stereocenters. The fourth-order valence-electron chi connectivity index (χ4n) is 2.39. The van der Waals surface area contributed by atoms with Gasteiger partial charge in [-0.2, -0.15) is 0 Å². The maximum Gasteiger partial charge on any atom is 0.312 e. The zero-order valence-electron chi connectivity index (χ0n) is 10.9. The van der Waals surface area contributed by atoms with Gasteiger partial charge in [-0.15, -0.1) is 0 Å². The number of aliphatic hydroxyl groups is 1. The number of amides is 2. The van der Waals surface area contributed by atoms with Gasteiger partial charge in [0.25, 0.3) is 0 Å². The lowest BCUT2D eigenvalue weighted by molar-refractivity contribution is -0.154. The summed E-state index contributed by atoms with van der Waals surface area (Å²) in [7, 11) is 0. The molecule has 5 nitrogen and oxygen atoms in total. The van der Waals surface area contributed by atoms with Gasteiger partial charge < -0.3 is 15.3 Å². The molecule has 0 radical (unpaired) electrons. The van der Waals surface area contributed by atoms with Crippen molar-refractivity contribution in [2.45, 2.75) is 32.0 Å². The van der Waals surface area contributed by atoms with Crippen LogP contribution in [0.5, 0.6) is 0 Å². The Morgan fingerprint density at radius 1 is 1.26 bits per heavy atom. The minimum absolute atomic E-state index is 0.155. The third-order valence-electron chi connectivity index (χ3n) is 3.46. The summed E-state index contributed by atoms with van der Waals surface area (Å²) in [4.78, 5) is 25.1. The Hall–Kier alpha value is -1.88. The number of benzene rings is 1. The van der Waals surface area contributed by atoms with Crippen LogP contribution in [0.3, 0.4) is 0 Å². The average Bonchev–Trinajstić information content (AvgIpc) is 2.44. The number of nitrogens with zero attached hydrogens (tertiary/aromatic N) is 1. The van der Waals surface area contributed by atoms with Crippen molar-refractivity contribution in [3.8, 4) is 0 Å². The maximum atomic E-state index is 12.0. The van der Waals surface area contributed by atoms with Gasteiger partial charge in [0.1, 0.15) is 0 Å². The van der Waals surface area contributed by atoms with Gasteiger partial charge in [-0.3, -0.25) is 9.59 Å². The highest BCUT2D eigenvalue weighted by atomic mass is 16.3. The molecule has 1 fully saturated rings. The van der Waals surface area contributed by atoms with Crippen LogP contribution in [0.4, 0.5) is 0 Å². The van der Waals surface area contributed by atoms with Crippen molar-refractivity contribution >= 4 is 11.8 Å². The third-order valence-corrected chi connectivity index (χ3v) is 3.46. The Morgan fingerprint density at radius 3 is 2.53 bits per heavy atom. The Balaban J connectivity index is 2.22. The molecule has 2 atom stereocenters. The summed E-state index contributed by atoms with van der Waals surface area (Å²) in [5.74, 6) is -1.17. The van der Waals surface area contributed by atoms with Crippen molar-refractivity contribution in [1.82, 2.24) is 10.2 Å². The molecular formula is C14H18N2O3. The lowest BCUT2D eigenvalue weighted by atomic mass is 10.00. The maximum absolute atomic E-state index is 12.0. The van der Waals surface area contributed by atoms with Gasteiger partial charge in [0.05, 0.1) is 18.7 Å². The van der Waals surface area contributed by atoms with E-state index in [1.54, 1.807) is 0 Å². The second kappa shape index (κ2) is 5.84. The lowest BCUT2D eigenvalue weighted by Gasteiger charge is -2.39. The topological polar surface area (TPSA) is 69.6 Å². The van der Waals surface area contributed by atoms with Crippen molar-refractivity contribution < 1.29 is 14.7 Å². The number of hydrogen-bond donors (Lipinski definition) is 2. The van der Waals surface area contributed by atoms with Crippen molar-refractivity contribution in [3.63, 3.8) is 0 Å². The molecule has 1 aliphatic rings. The van der Waals surface area contributed by atoms with Crippen LogP contribution in [0, 0.1) is 0 Å². The predicted octanol–water partition coefficient (Wildman–Crippen LogP) is 0.284. The van der Waals surface area contributed by atoms with E-state index in [2.05, 4.69) is 5.32 Å². The number of aliphatic hydroxyl groups excluding tert-OH is 1. The molecule has 0 saturated carbocycles. The summed E-state index contributed by atoms with van der Waals surface area (Å²) in [6.45, 7) is 2.11. The van der Waals surface area contributed by atoms with Crippen LogP contribution in [-0.2, 0) is 16.1 Å². The minimum Gasteiger partial charge on any atom is -0.394 e. The minimum atomic E-state index is -0.590. The van der Waals surface area contributed by atoms with Crippen LogP contribution in [0.25, 0.3) is 0 Å². The number of nitrogens with one attached hydrogen (secondary N) is 1. The van der Waals surface area contributed by atoms with Gasteiger partial charge >= 0.3 is 11.8 Å². The van der Waals surface area contributed by atoms with E-state index in [1.165, 1.54) is 4.90 Å². The molecular weight excluding hydrogens is 244 g/mol. The molecule has 5 heteroatoms. The monoisotopic (exact) mass is 262 g/mol. The molecule has 19 heavy (non-hydrogen) atoms. The van der Waals surface area contributed by atoms with Crippen molar-refractivity contribution in [2.24, 2.45) is 0 Å². The summed E-state index contributed by atoms with van der Waals surface area (Å²) in [5, 5.41) is 12.1. The molecule has 1 heterocycles. The predicted molar refractivity (Wildman–Crippen MR) is 70.1 cm³/mol. The lowest BCUT2D eigenvalue weighted by Crippen LogP contribution is -2.64. The molecule has 102 valence electrons. The van der Waals surface area contributed by atoms with Crippen LogP contribution < -0.4 is 5.32 Å². The highest BCUT2D eigenvalue weighted by molar-refractivity contribution is 6.35. The number of piperazine rings is 1. The van der Waals surface area contributed by atoms with E-state index >= 15 is 0 Å². The number of carbonyl (C=O) groups excluding carboxylic acids is 2. The molecule has 1 aromatic carbocycles. The van der Waals surface area contributed by atoms with Gasteiger partial charge in [-0.1, -0.05) is 37.3 Å². The summed E-state index contributed by atoms with van der Waals surface area (Å²) in [6.07, 6.45) is 0.676. The first kappa shape index (κ1) is 13.5. The Morgan fingerprint density at radius 2 is 1.95 bits per heavy atom. The fraction of sp³-hybridized carbons (Fsp3) is 0.429. The molecule has 2 amide bonds.